The number of rotatable bonds is 3. The summed E-state index contributed by atoms with van der Waals surface area (Å²) in [6, 6.07) is 0. The molecule has 1 fully saturated rings. The van der Waals surface area contributed by atoms with Gasteiger partial charge in [0.1, 0.15) is 5.82 Å². The molecule has 1 aromatic rings. The Morgan fingerprint density at radius 1 is 1.31 bits per heavy atom. The highest BCUT2D eigenvalue weighted by Gasteiger charge is 2.13. The average molecular weight is 219 g/mol. The molecule has 0 aliphatic carbocycles. The predicted octanol–water partition coefficient (Wildman–Crippen LogP) is 2.03. The number of nitrogens with one attached hydrogen (secondary N) is 1. The number of hydrogen-bond acceptors (Lipinski definition) is 3. The first-order valence-corrected chi connectivity index (χ1v) is 6.25. The fourth-order valence-corrected chi connectivity index (χ4v) is 2.20. The Hall–Kier alpha value is -0.960. The largest absolute Gasteiger partial charge is 0.317 e. The molecule has 1 aliphatic heterocycles. The average Bonchev–Trinajstić information content (AvgIpc) is 2.32. The van der Waals surface area contributed by atoms with Crippen LogP contribution >= 0.6 is 0 Å². The van der Waals surface area contributed by atoms with Crippen LogP contribution in [0.4, 0.5) is 0 Å². The molecule has 0 amide bonds. The molecule has 0 unspecified atom stereocenters. The molecule has 0 saturated carbocycles. The van der Waals surface area contributed by atoms with Gasteiger partial charge in [-0.25, -0.2) is 9.97 Å². The third kappa shape index (κ3) is 3.01. The summed E-state index contributed by atoms with van der Waals surface area (Å²) < 4.78 is 0. The summed E-state index contributed by atoms with van der Waals surface area (Å²) in [6.45, 7) is 6.48. The van der Waals surface area contributed by atoms with Crippen LogP contribution in [0.1, 0.15) is 36.3 Å². The van der Waals surface area contributed by atoms with Crippen molar-refractivity contribution in [1.29, 1.82) is 0 Å². The van der Waals surface area contributed by atoms with Gasteiger partial charge in [0.05, 0.1) is 0 Å². The Labute approximate surface area is 97.7 Å². The molecule has 0 aromatic carbocycles. The van der Waals surface area contributed by atoms with Gasteiger partial charge in [-0.3, -0.25) is 0 Å². The van der Waals surface area contributed by atoms with E-state index in [0.717, 1.165) is 23.9 Å². The number of nitrogens with zero attached hydrogens (tertiary/aromatic N) is 2. The second-order valence-corrected chi connectivity index (χ2v) is 4.79. The lowest BCUT2D eigenvalue weighted by atomic mass is 9.93. The highest BCUT2D eigenvalue weighted by Crippen LogP contribution is 2.17. The van der Waals surface area contributed by atoms with Crippen LogP contribution in [0.25, 0.3) is 0 Å². The SMILES string of the molecule is Cc1cnc(CCC2CCNCC2)nc1C. The van der Waals surface area contributed by atoms with Crippen molar-refractivity contribution >= 4 is 0 Å². The quantitative estimate of drug-likeness (QED) is 0.845. The van der Waals surface area contributed by atoms with Crippen molar-refractivity contribution in [2.45, 2.75) is 39.5 Å². The van der Waals surface area contributed by atoms with Crippen LogP contribution in [-0.4, -0.2) is 23.1 Å². The van der Waals surface area contributed by atoms with Crippen molar-refractivity contribution in [2.75, 3.05) is 13.1 Å². The molecular formula is C13H21N3. The summed E-state index contributed by atoms with van der Waals surface area (Å²) in [7, 11) is 0. The van der Waals surface area contributed by atoms with Gasteiger partial charge in [-0.05, 0) is 57.7 Å². The number of piperidine rings is 1. The minimum Gasteiger partial charge on any atom is -0.317 e. The predicted molar refractivity (Wildman–Crippen MR) is 65.4 cm³/mol. The molecule has 1 saturated heterocycles. The van der Waals surface area contributed by atoms with Gasteiger partial charge in [0.2, 0.25) is 0 Å². The molecule has 88 valence electrons. The first-order valence-electron chi connectivity index (χ1n) is 6.25. The summed E-state index contributed by atoms with van der Waals surface area (Å²) in [4.78, 5) is 8.93. The molecule has 0 spiro atoms. The lowest BCUT2D eigenvalue weighted by Gasteiger charge is -2.22. The maximum Gasteiger partial charge on any atom is 0.128 e. The van der Waals surface area contributed by atoms with E-state index >= 15 is 0 Å². The lowest BCUT2D eigenvalue weighted by molar-refractivity contribution is 0.352. The molecule has 3 nitrogen and oxygen atoms in total. The van der Waals surface area contributed by atoms with E-state index in [9.17, 15) is 0 Å². The van der Waals surface area contributed by atoms with E-state index in [1.165, 1.54) is 37.9 Å². The van der Waals surface area contributed by atoms with Crippen LogP contribution in [0.2, 0.25) is 0 Å². The Morgan fingerprint density at radius 3 is 2.75 bits per heavy atom. The smallest absolute Gasteiger partial charge is 0.128 e. The summed E-state index contributed by atoms with van der Waals surface area (Å²) in [5, 5.41) is 3.40. The van der Waals surface area contributed by atoms with Crippen LogP contribution in [-0.2, 0) is 6.42 Å². The Morgan fingerprint density at radius 2 is 2.06 bits per heavy atom. The topological polar surface area (TPSA) is 37.8 Å². The van der Waals surface area contributed by atoms with Crippen molar-refractivity contribution in [3.63, 3.8) is 0 Å². The fraction of sp³-hybridized carbons (Fsp3) is 0.692. The summed E-state index contributed by atoms with van der Waals surface area (Å²) >= 11 is 0. The number of aromatic nitrogens is 2. The van der Waals surface area contributed by atoms with E-state index < -0.39 is 0 Å². The van der Waals surface area contributed by atoms with Crippen LogP contribution in [0.3, 0.4) is 0 Å². The Balaban J connectivity index is 1.86. The molecule has 0 atom stereocenters. The zero-order chi connectivity index (χ0) is 11.4. The van der Waals surface area contributed by atoms with E-state index in [1.54, 1.807) is 0 Å². The van der Waals surface area contributed by atoms with Gasteiger partial charge in [-0.15, -0.1) is 0 Å². The minimum atomic E-state index is 0.867. The van der Waals surface area contributed by atoms with Crippen molar-refractivity contribution in [3.05, 3.63) is 23.3 Å². The molecule has 0 bridgehead atoms. The fourth-order valence-electron chi connectivity index (χ4n) is 2.20. The highest BCUT2D eigenvalue weighted by molar-refractivity contribution is 5.13. The van der Waals surface area contributed by atoms with Gasteiger partial charge in [0.15, 0.2) is 0 Å². The molecule has 1 aliphatic rings. The third-order valence-electron chi connectivity index (χ3n) is 3.51. The standard InChI is InChI=1S/C13H21N3/c1-10-9-15-13(16-11(10)2)4-3-12-5-7-14-8-6-12/h9,12,14H,3-8H2,1-2H3. The normalized spacial score (nSPS) is 17.6. The zero-order valence-electron chi connectivity index (χ0n) is 10.3. The van der Waals surface area contributed by atoms with Gasteiger partial charge >= 0.3 is 0 Å². The number of hydrogen-bond donors (Lipinski definition) is 1. The van der Waals surface area contributed by atoms with Gasteiger partial charge in [0, 0.05) is 18.3 Å². The second kappa shape index (κ2) is 5.39. The zero-order valence-corrected chi connectivity index (χ0v) is 10.3. The first-order chi connectivity index (χ1) is 7.75. The van der Waals surface area contributed by atoms with E-state index in [4.69, 9.17) is 0 Å². The minimum absolute atomic E-state index is 0.867. The Bertz CT molecular complexity index is 343. The van der Waals surface area contributed by atoms with Crippen molar-refractivity contribution < 1.29 is 0 Å². The van der Waals surface area contributed by atoms with Crippen molar-refractivity contribution in [3.8, 4) is 0 Å². The van der Waals surface area contributed by atoms with Crippen LogP contribution < -0.4 is 5.32 Å². The van der Waals surface area contributed by atoms with E-state index in [0.29, 0.717) is 0 Å². The maximum atomic E-state index is 4.53. The summed E-state index contributed by atoms with van der Waals surface area (Å²) in [5.74, 6) is 1.88. The van der Waals surface area contributed by atoms with Crippen LogP contribution in [0.5, 0.6) is 0 Å². The lowest BCUT2D eigenvalue weighted by Crippen LogP contribution is -2.28. The van der Waals surface area contributed by atoms with E-state index in [-0.39, 0.29) is 0 Å². The van der Waals surface area contributed by atoms with Crippen LogP contribution in [0.15, 0.2) is 6.20 Å². The molecule has 1 N–H and O–H groups in total. The molecule has 16 heavy (non-hydrogen) atoms. The molecule has 0 radical (unpaired) electrons. The van der Waals surface area contributed by atoms with Crippen molar-refractivity contribution in [1.82, 2.24) is 15.3 Å². The highest BCUT2D eigenvalue weighted by atomic mass is 14.9. The van der Waals surface area contributed by atoms with Crippen LogP contribution in [0, 0.1) is 19.8 Å². The maximum absolute atomic E-state index is 4.53. The van der Waals surface area contributed by atoms with E-state index in [2.05, 4.69) is 29.1 Å². The van der Waals surface area contributed by atoms with E-state index in [1.807, 2.05) is 6.20 Å². The van der Waals surface area contributed by atoms with Gasteiger partial charge in [-0.2, -0.15) is 0 Å². The van der Waals surface area contributed by atoms with Gasteiger partial charge in [-0.1, -0.05) is 0 Å². The summed E-state index contributed by atoms with van der Waals surface area (Å²) in [5.41, 5.74) is 2.31. The first kappa shape index (κ1) is 11.5. The monoisotopic (exact) mass is 219 g/mol. The second-order valence-electron chi connectivity index (χ2n) is 4.79. The molecular weight excluding hydrogens is 198 g/mol. The van der Waals surface area contributed by atoms with Gasteiger partial charge < -0.3 is 5.32 Å². The molecule has 3 heteroatoms. The Kier molecular flexibility index (Phi) is 3.88. The molecule has 2 heterocycles. The number of aryl methyl sites for hydroxylation is 3. The van der Waals surface area contributed by atoms with Crippen molar-refractivity contribution in [2.24, 2.45) is 5.92 Å². The van der Waals surface area contributed by atoms with Gasteiger partial charge in [0.25, 0.3) is 0 Å². The molecule has 1 aromatic heterocycles. The third-order valence-corrected chi connectivity index (χ3v) is 3.51. The summed E-state index contributed by atoms with van der Waals surface area (Å²) in [6.07, 6.45) is 6.84. The molecule has 2 rings (SSSR count).